The molecule has 0 saturated carbocycles. The summed E-state index contributed by atoms with van der Waals surface area (Å²) in [5.41, 5.74) is 1.38. The minimum absolute atomic E-state index is 0.338. The van der Waals surface area contributed by atoms with E-state index < -0.39 is 0 Å². The maximum absolute atomic E-state index is 5.62. The zero-order valence-electron chi connectivity index (χ0n) is 21.7. The lowest BCUT2D eigenvalue weighted by atomic mass is 10.0. The topological polar surface area (TPSA) is 59.1 Å². The molecular weight excluding hydrogens is 452 g/mol. The molecule has 7 heteroatoms. The summed E-state index contributed by atoms with van der Waals surface area (Å²) in [5.74, 6) is 3.40. The predicted molar refractivity (Wildman–Crippen MR) is 145 cm³/mol. The molecule has 192 valence electrons. The van der Waals surface area contributed by atoms with Gasteiger partial charge in [-0.1, -0.05) is 30.3 Å². The molecule has 7 nitrogen and oxygen atoms in total. The van der Waals surface area contributed by atoms with Crippen LogP contribution in [-0.4, -0.2) is 69.5 Å². The number of hydrogen-bond acceptors (Lipinski definition) is 7. The number of ether oxygens (including phenoxy) is 3. The third kappa shape index (κ3) is 5.52. The highest BCUT2D eigenvalue weighted by atomic mass is 16.5. The summed E-state index contributed by atoms with van der Waals surface area (Å²) in [4.78, 5) is 10.1. The van der Waals surface area contributed by atoms with Crippen LogP contribution in [0.25, 0.3) is 10.8 Å². The smallest absolute Gasteiger partial charge is 0.161 e. The molecule has 2 fully saturated rings. The maximum atomic E-state index is 5.62. The third-order valence-electron chi connectivity index (χ3n) is 7.60. The maximum Gasteiger partial charge on any atom is 0.161 e. The van der Waals surface area contributed by atoms with E-state index in [2.05, 4.69) is 63.6 Å². The van der Waals surface area contributed by atoms with Gasteiger partial charge in [-0.3, -0.25) is 4.90 Å². The van der Waals surface area contributed by atoms with Gasteiger partial charge in [-0.2, -0.15) is 0 Å². The molecule has 0 bridgehead atoms. The van der Waals surface area contributed by atoms with E-state index in [1.807, 2.05) is 0 Å². The van der Waals surface area contributed by atoms with Gasteiger partial charge in [-0.15, -0.1) is 0 Å². The number of benzene rings is 2. The quantitative estimate of drug-likeness (QED) is 0.480. The van der Waals surface area contributed by atoms with Gasteiger partial charge in [-0.25, -0.2) is 4.98 Å². The second-order valence-corrected chi connectivity index (χ2v) is 9.86. The van der Waals surface area contributed by atoms with Gasteiger partial charge in [0.15, 0.2) is 11.5 Å². The highest BCUT2D eigenvalue weighted by Gasteiger charge is 2.24. The molecule has 3 aromatic rings. The molecule has 2 aliphatic heterocycles. The Bertz CT molecular complexity index is 1140. The van der Waals surface area contributed by atoms with Gasteiger partial charge < -0.3 is 24.4 Å². The van der Waals surface area contributed by atoms with Gasteiger partial charge in [0, 0.05) is 51.3 Å². The van der Waals surface area contributed by atoms with E-state index in [1.165, 1.54) is 5.56 Å². The number of methoxy groups -OCH3 is 3. The van der Waals surface area contributed by atoms with Crippen molar-refractivity contribution in [2.45, 2.75) is 44.4 Å². The lowest BCUT2D eigenvalue weighted by molar-refractivity contribution is 0.0818. The van der Waals surface area contributed by atoms with Gasteiger partial charge in [0.1, 0.15) is 11.6 Å². The first-order valence-corrected chi connectivity index (χ1v) is 13.0. The first-order valence-electron chi connectivity index (χ1n) is 13.0. The zero-order chi connectivity index (χ0) is 24.9. The summed E-state index contributed by atoms with van der Waals surface area (Å²) in [6, 6.07) is 17.4. The van der Waals surface area contributed by atoms with Crippen molar-refractivity contribution in [3.63, 3.8) is 0 Å². The molecule has 0 unspecified atom stereocenters. The van der Waals surface area contributed by atoms with E-state index in [4.69, 9.17) is 19.2 Å². The summed E-state index contributed by atoms with van der Waals surface area (Å²) < 4.78 is 16.8. The first kappa shape index (κ1) is 24.7. The largest absolute Gasteiger partial charge is 0.493 e. The molecule has 0 radical (unpaired) electrons. The van der Waals surface area contributed by atoms with Crippen LogP contribution in [0, 0.1) is 0 Å². The second kappa shape index (κ2) is 11.4. The van der Waals surface area contributed by atoms with Crippen molar-refractivity contribution in [3.05, 3.63) is 54.1 Å². The van der Waals surface area contributed by atoms with Crippen LogP contribution in [0.5, 0.6) is 11.5 Å². The molecule has 5 rings (SSSR count). The van der Waals surface area contributed by atoms with Crippen LogP contribution >= 0.6 is 0 Å². The van der Waals surface area contributed by atoms with E-state index in [0.29, 0.717) is 12.1 Å². The summed E-state index contributed by atoms with van der Waals surface area (Å²) in [6.07, 6.45) is 4.56. The molecule has 0 aliphatic carbocycles. The third-order valence-corrected chi connectivity index (χ3v) is 7.60. The van der Waals surface area contributed by atoms with Crippen LogP contribution < -0.4 is 19.7 Å². The molecule has 0 spiro atoms. The molecule has 1 aromatic heterocycles. The fourth-order valence-corrected chi connectivity index (χ4v) is 5.43. The van der Waals surface area contributed by atoms with E-state index >= 15 is 0 Å². The number of likely N-dealkylation sites (tertiary alicyclic amines) is 1. The normalized spacial score (nSPS) is 17.9. The average molecular weight is 491 g/mol. The van der Waals surface area contributed by atoms with Gasteiger partial charge in [0.2, 0.25) is 0 Å². The number of nitrogens with one attached hydrogen (secondary N) is 1. The number of pyridine rings is 1. The van der Waals surface area contributed by atoms with Crippen molar-refractivity contribution in [1.82, 2.24) is 9.88 Å². The summed E-state index contributed by atoms with van der Waals surface area (Å²) in [7, 11) is 5.17. The molecule has 36 heavy (non-hydrogen) atoms. The number of nitrogens with zero attached hydrogens (tertiary/aromatic N) is 3. The SMILES string of the molecule is COc1cc2cc(N3CCC(OC)CC3)nc(NC3CCN(Cc4ccccc4)CC3)c2cc1OC. The highest BCUT2D eigenvalue weighted by Crippen LogP contribution is 2.37. The molecular formula is C29H38N4O3. The van der Waals surface area contributed by atoms with E-state index in [0.717, 1.165) is 92.3 Å². The minimum atomic E-state index is 0.338. The fourth-order valence-electron chi connectivity index (χ4n) is 5.43. The minimum Gasteiger partial charge on any atom is -0.493 e. The fraction of sp³-hybridized carbons (Fsp3) is 0.483. The van der Waals surface area contributed by atoms with Crippen LogP contribution in [0.1, 0.15) is 31.2 Å². The van der Waals surface area contributed by atoms with Crippen molar-refractivity contribution in [3.8, 4) is 11.5 Å². The Morgan fingerprint density at radius 1 is 0.861 bits per heavy atom. The summed E-state index contributed by atoms with van der Waals surface area (Å²) in [5, 5.41) is 5.98. The monoisotopic (exact) mass is 490 g/mol. The van der Waals surface area contributed by atoms with Crippen molar-refractivity contribution < 1.29 is 14.2 Å². The van der Waals surface area contributed by atoms with E-state index in [9.17, 15) is 0 Å². The Balaban J connectivity index is 1.37. The molecule has 0 amide bonds. The molecule has 2 aromatic carbocycles. The Morgan fingerprint density at radius 2 is 1.56 bits per heavy atom. The number of rotatable bonds is 8. The molecule has 2 saturated heterocycles. The van der Waals surface area contributed by atoms with Crippen molar-refractivity contribution in [2.75, 3.05) is 57.7 Å². The van der Waals surface area contributed by atoms with Crippen LogP contribution in [-0.2, 0) is 11.3 Å². The Kier molecular flexibility index (Phi) is 7.78. The zero-order valence-corrected chi connectivity index (χ0v) is 21.7. The first-order chi connectivity index (χ1) is 17.7. The van der Waals surface area contributed by atoms with Gasteiger partial charge in [0.05, 0.1) is 20.3 Å². The van der Waals surface area contributed by atoms with Crippen molar-refractivity contribution in [2.24, 2.45) is 0 Å². The lowest BCUT2D eigenvalue weighted by Crippen LogP contribution is -2.39. The van der Waals surface area contributed by atoms with Crippen molar-refractivity contribution >= 4 is 22.4 Å². The van der Waals surface area contributed by atoms with E-state index in [-0.39, 0.29) is 0 Å². The molecule has 2 aliphatic rings. The molecule has 0 atom stereocenters. The Hall–Kier alpha value is -3.03. The standard InChI is InChI=1S/C29H38N4O3/c1-34-24-11-15-33(16-12-24)28-18-22-17-26(35-2)27(36-3)19-25(22)29(31-28)30-23-9-13-32(14-10-23)20-21-7-5-4-6-8-21/h4-8,17-19,23-24H,9-16,20H2,1-3H3,(H,30,31). The predicted octanol–water partition coefficient (Wildman–Crippen LogP) is 4.94. The van der Waals surface area contributed by atoms with Crippen LogP contribution in [0.4, 0.5) is 11.6 Å². The molecule has 3 heterocycles. The second-order valence-electron chi connectivity index (χ2n) is 9.86. The van der Waals surface area contributed by atoms with Crippen LogP contribution in [0.2, 0.25) is 0 Å². The number of fused-ring (bicyclic) bond motifs is 1. The van der Waals surface area contributed by atoms with Gasteiger partial charge >= 0.3 is 0 Å². The van der Waals surface area contributed by atoms with Gasteiger partial charge in [-0.05, 0) is 54.8 Å². The van der Waals surface area contributed by atoms with E-state index in [1.54, 1.807) is 21.3 Å². The highest BCUT2D eigenvalue weighted by molar-refractivity contribution is 5.96. The number of anilines is 2. The number of aromatic nitrogens is 1. The number of hydrogen-bond donors (Lipinski definition) is 1. The molecule has 1 N–H and O–H groups in total. The van der Waals surface area contributed by atoms with Gasteiger partial charge in [0.25, 0.3) is 0 Å². The van der Waals surface area contributed by atoms with Crippen molar-refractivity contribution in [1.29, 1.82) is 0 Å². The Morgan fingerprint density at radius 3 is 2.22 bits per heavy atom. The van der Waals surface area contributed by atoms with Crippen LogP contribution in [0.15, 0.2) is 48.5 Å². The number of piperidine rings is 2. The summed E-state index contributed by atoms with van der Waals surface area (Å²) in [6.45, 7) is 5.06. The Labute approximate surface area is 214 Å². The van der Waals surface area contributed by atoms with Crippen LogP contribution in [0.3, 0.4) is 0 Å². The average Bonchev–Trinajstić information content (AvgIpc) is 2.94. The lowest BCUT2D eigenvalue weighted by Gasteiger charge is -2.34. The summed E-state index contributed by atoms with van der Waals surface area (Å²) >= 11 is 0.